The van der Waals surface area contributed by atoms with Crippen molar-refractivity contribution in [1.82, 2.24) is 0 Å². The monoisotopic (exact) mass is 617 g/mol. The van der Waals surface area contributed by atoms with Gasteiger partial charge in [0.25, 0.3) is 0 Å². The molecule has 0 spiro atoms. The van der Waals surface area contributed by atoms with Crippen LogP contribution in [0.1, 0.15) is 0 Å². The van der Waals surface area contributed by atoms with Crippen LogP contribution >= 0.6 is 0 Å². The highest BCUT2D eigenvalue weighted by Gasteiger charge is 2.18. The summed E-state index contributed by atoms with van der Waals surface area (Å²) in [6.07, 6.45) is 0. The van der Waals surface area contributed by atoms with Crippen LogP contribution in [-0.4, -0.2) is 17.2 Å². The molecule has 3 nitrogen and oxygen atoms in total. The minimum absolute atomic E-state index is 0.447. The summed E-state index contributed by atoms with van der Waals surface area (Å²) in [6.45, 7) is 0. The molecule has 0 saturated heterocycles. The quantitative estimate of drug-likeness (QED) is 0.138. The Balaban J connectivity index is 1.29. The van der Waals surface area contributed by atoms with E-state index < -0.39 is 7.12 Å². The molecule has 0 radical (unpaired) electrons. The van der Waals surface area contributed by atoms with Gasteiger partial charge in [-0.25, -0.2) is 0 Å². The molecule has 0 heterocycles. The summed E-state index contributed by atoms with van der Waals surface area (Å²) < 4.78 is 0. The van der Waals surface area contributed by atoms with Crippen molar-refractivity contribution in [2.45, 2.75) is 0 Å². The van der Waals surface area contributed by atoms with E-state index in [1.165, 1.54) is 21.5 Å². The summed E-state index contributed by atoms with van der Waals surface area (Å²) in [6, 6.07) is 63.2. The molecule has 8 aromatic rings. The normalized spacial score (nSPS) is 11.1. The predicted molar refractivity (Wildman–Crippen MR) is 202 cm³/mol. The van der Waals surface area contributed by atoms with Gasteiger partial charge in [-0.3, -0.25) is 0 Å². The van der Waals surface area contributed by atoms with Gasteiger partial charge in [-0.1, -0.05) is 140 Å². The van der Waals surface area contributed by atoms with Crippen LogP contribution in [0.3, 0.4) is 0 Å². The first kappa shape index (κ1) is 29.5. The first-order valence-electron chi connectivity index (χ1n) is 16.2. The summed E-state index contributed by atoms with van der Waals surface area (Å²) in [5, 5.41) is 24.5. The van der Waals surface area contributed by atoms with Crippen LogP contribution < -0.4 is 10.4 Å². The van der Waals surface area contributed by atoms with Gasteiger partial charge in [-0.15, -0.1) is 0 Å². The van der Waals surface area contributed by atoms with Crippen LogP contribution in [0.25, 0.3) is 54.9 Å². The molecule has 4 heteroatoms. The summed E-state index contributed by atoms with van der Waals surface area (Å²) in [4.78, 5) is 2.21. The number of anilines is 3. The zero-order valence-corrected chi connectivity index (χ0v) is 26.2. The van der Waals surface area contributed by atoms with E-state index in [1.807, 2.05) is 24.3 Å². The Labute approximate surface area is 280 Å². The summed E-state index contributed by atoms with van der Waals surface area (Å²) in [5.41, 5.74) is 10.2. The highest BCUT2D eigenvalue weighted by molar-refractivity contribution is 6.58. The average molecular weight is 618 g/mol. The maximum Gasteiger partial charge on any atom is 0.488 e. The van der Waals surface area contributed by atoms with Gasteiger partial charge in [0.2, 0.25) is 0 Å². The molecule has 0 atom stereocenters. The highest BCUT2D eigenvalue weighted by atomic mass is 16.4. The molecule has 0 aliphatic heterocycles. The van der Waals surface area contributed by atoms with Crippen LogP contribution in [0.4, 0.5) is 17.1 Å². The van der Waals surface area contributed by atoms with E-state index in [0.29, 0.717) is 5.46 Å². The minimum Gasteiger partial charge on any atom is -0.423 e. The van der Waals surface area contributed by atoms with E-state index in [4.69, 9.17) is 0 Å². The molecule has 48 heavy (non-hydrogen) atoms. The molecule has 8 rings (SSSR count). The topological polar surface area (TPSA) is 43.7 Å². The molecule has 0 aliphatic rings. The zero-order valence-electron chi connectivity index (χ0n) is 26.2. The largest absolute Gasteiger partial charge is 0.488 e. The first-order valence-corrected chi connectivity index (χ1v) is 16.2. The van der Waals surface area contributed by atoms with Gasteiger partial charge in [0, 0.05) is 17.1 Å². The Morgan fingerprint density at radius 1 is 0.354 bits per heavy atom. The Hall–Kier alpha value is -5.94. The SMILES string of the molecule is OB(O)c1ccc(N(c2ccc(-c3ccccc3)cc2)c2ccc(-c3ccc4ccc5ccccc5c4c3)c(-c3ccccc3)c2)cc1. The highest BCUT2D eigenvalue weighted by Crippen LogP contribution is 2.42. The van der Waals surface area contributed by atoms with Crippen LogP contribution in [0.15, 0.2) is 182 Å². The van der Waals surface area contributed by atoms with Crippen LogP contribution in [-0.2, 0) is 0 Å². The van der Waals surface area contributed by atoms with Crippen LogP contribution in [0, 0.1) is 0 Å². The predicted octanol–water partition coefficient (Wildman–Crippen LogP) is 10.1. The van der Waals surface area contributed by atoms with E-state index in [0.717, 1.165) is 50.4 Å². The average Bonchev–Trinajstić information content (AvgIpc) is 3.16. The number of rotatable bonds is 7. The van der Waals surface area contributed by atoms with Gasteiger partial charge in [0.1, 0.15) is 0 Å². The van der Waals surface area contributed by atoms with Crippen molar-refractivity contribution in [3.8, 4) is 33.4 Å². The maximum absolute atomic E-state index is 9.79. The number of nitrogens with zero attached hydrogens (tertiary/aromatic N) is 1. The number of hydrogen-bond acceptors (Lipinski definition) is 3. The molecule has 0 aliphatic carbocycles. The smallest absolute Gasteiger partial charge is 0.423 e. The molecule has 8 aromatic carbocycles. The van der Waals surface area contributed by atoms with Crippen LogP contribution in [0.5, 0.6) is 0 Å². The Bertz CT molecular complexity index is 2350. The molecule has 0 bridgehead atoms. The number of hydrogen-bond donors (Lipinski definition) is 2. The van der Waals surface area contributed by atoms with Gasteiger partial charge >= 0.3 is 7.12 Å². The Morgan fingerprint density at radius 3 is 1.56 bits per heavy atom. The van der Waals surface area contributed by atoms with Crippen molar-refractivity contribution >= 4 is 51.2 Å². The van der Waals surface area contributed by atoms with Gasteiger partial charge in [-0.2, -0.15) is 0 Å². The minimum atomic E-state index is -1.53. The molecule has 0 aromatic heterocycles. The molecule has 2 N–H and O–H groups in total. The molecule has 0 saturated carbocycles. The van der Waals surface area contributed by atoms with E-state index in [-0.39, 0.29) is 0 Å². The van der Waals surface area contributed by atoms with E-state index >= 15 is 0 Å². The van der Waals surface area contributed by atoms with Gasteiger partial charge < -0.3 is 14.9 Å². The Morgan fingerprint density at radius 2 is 0.875 bits per heavy atom. The van der Waals surface area contributed by atoms with Gasteiger partial charge in [-0.05, 0) is 103 Å². The van der Waals surface area contributed by atoms with Crippen molar-refractivity contribution in [3.63, 3.8) is 0 Å². The molecule has 0 amide bonds. The third-order valence-corrected chi connectivity index (χ3v) is 9.09. The third-order valence-electron chi connectivity index (χ3n) is 9.09. The van der Waals surface area contributed by atoms with Crippen molar-refractivity contribution < 1.29 is 10.0 Å². The first-order chi connectivity index (χ1) is 23.6. The lowest BCUT2D eigenvalue weighted by Crippen LogP contribution is -2.29. The van der Waals surface area contributed by atoms with Crippen molar-refractivity contribution in [2.75, 3.05) is 4.90 Å². The summed E-state index contributed by atoms with van der Waals surface area (Å²) in [5.74, 6) is 0. The van der Waals surface area contributed by atoms with E-state index in [1.54, 1.807) is 12.1 Å². The second-order valence-electron chi connectivity index (χ2n) is 12.0. The number of fused-ring (bicyclic) bond motifs is 3. The zero-order chi connectivity index (χ0) is 32.5. The van der Waals surface area contributed by atoms with Crippen molar-refractivity contribution in [2.24, 2.45) is 0 Å². The molecular weight excluding hydrogens is 585 g/mol. The fraction of sp³-hybridized carbons (Fsp3) is 0. The molecule has 228 valence electrons. The third kappa shape index (κ3) is 5.65. The lowest BCUT2D eigenvalue weighted by atomic mass is 9.80. The maximum atomic E-state index is 9.79. The van der Waals surface area contributed by atoms with Crippen molar-refractivity contribution in [1.29, 1.82) is 0 Å². The molecular formula is C44H32BNO2. The van der Waals surface area contributed by atoms with Gasteiger partial charge in [0.05, 0.1) is 0 Å². The second-order valence-corrected chi connectivity index (χ2v) is 12.0. The fourth-order valence-corrected chi connectivity index (χ4v) is 6.63. The van der Waals surface area contributed by atoms with E-state index in [9.17, 15) is 10.0 Å². The summed E-state index contributed by atoms with van der Waals surface area (Å²) in [7, 11) is -1.53. The summed E-state index contributed by atoms with van der Waals surface area (Å²) >= 11 is 0. The molecule has 0 fully saturated rings. The van der Waals surface area contributed by atoms with Crippen LogP contribution in [0.2, 0.25) is 0 Å². The van der Waals surface area contributed by atoms with Gasteiger partial charge in [0.15, 0.2) is 0 Å². The second kappa shape index (κ2) is 12.7. The Kier molecular flexibility index (Phi) is 7.79. The van der Waals surface area contributed by atoms with Crippen molar-refractivity contribution in [3.05, 3.63) is 182 Å². The molecule has 0 unspecified atom stereocenters. The fourth-order valence-electron chi connectivity index (χ4n) is 6.63. The lowest BCUT2D eigenvalue weighted by Gasteiger charge is -2.27. The lowest BCUT2D eigenvalue weighted by molar-refractivity contribution is 0.426. The van der Waals surface area contributed by atoms with E-state index in [2.05, 4.69) is 150 Å². The standard InChI is InChI=1S/C44H32BNO2/c47-45(48)37-21-25-39(26-22-37)46(38-23-19-32(20-24-38)31-9-3-1-4-10-31)40-27-28-42(44(30-40)33-11-5-2-6-12-33)36-18-17-35-16-15-34-13-7-8-14-41(34)43(35)29-36/h1-30,47-48H. The number of benzene rings is 8.